The van der Waals surface area contributed by atoms with Gasteiger partial charge in [-0.1, -0.05) is 82.7 Å². The predicted molar refractivity (Wildman–Crippen MR) is 86.3 cm³/mol. The molecular weight excluding hydrogens is 288 g/mol. The molecule has 1 rings (SSSR count). The van der Waals surface area contributed by atoms with E-state index in [0.717, 1.165) is 12.8 Å². The number of rotatable bonds is 12. The van der Waals surface area contributed by atoms with E-state index in [1.807, 2.05) is 0 Å². The van der Waals surface area contributed by atoms with Crippen molar-refractivity contribution in [3.63, 3.8) is 0 Å². The molecule has 21 heavy (non-hydrogen) atoms. The van der Waals surface area contributed by atoms with Crippen LogP contribution >= 0.6 is 11.6 Å². The molecular formula is C17H29ClO3. The number of carbonyl (C=O) groups excluding carboxylic acids is 1. The van der Waals surface area contributed by atoms with E-state index in [9.17, 15) is 9.90 Å². The van der Waals surface area contributed by atoms with Crippen LogP contribution in [0.25, 0.3) is 0 Å². The maximum absolute atomic E-state index is 11.1. The highest BCUT2D eigenvalue weighted by Gasteiger charge is 2.29. The Kier molecular flexibility index (Phi) is 9.77. The fourth-order valence-electron chi connectivity index (χ4n) is 2.62. The smallest absolute Gasteiger partial charge is 0.350 e. The van der Waals surface area contributed by atoms with E-state index in [-0.39, 0.29) is 5.03 Å². The summed E-state index contributed by atoms with van der Waals surface area (Å²) < 4.78 is 4.96. The lowest BCUT2D eigenvalue weighted by molar-refractivity contribution is -0.143. The van der Waals surface area contributed by atoms with Crippen molar-refractivity contribution >= 4 is 17.6 Å². The van der Waals surface area contributed by atoms with Crippen LogP contribution in [0.5, 0.6) is 0 Å². The standard InChI is InChI=1S/C17H29ClO3/c1-2-3-4-5-6-7-8-9-10-11-12-15(19)16-13-14(18)17(20)21-16/h13,15-16,19H,2-12H2,1H3/t15-,16+/m1/s1. The van der Waals surface area contributed by atoms with Crippen LogP contribution in [0.4, 0.5) is 0 Å². The van der Waals surface area contributed by atoms with E-state index in [4.69, 9.17) is 16.3 Å². The molecule has 1 heterocycles. The van der Waals surface area contributed by atoms with Crippen molar-refractivity contribution in [1.82, 2.24) is 0 Å². The number of hydrogen-bond donors (Lipinski definition) is 1. The number of ether oxygens (including phenoxy) is 1. The van der Waals surface area contributed by atoms with Crippen LogP contribution in [-0.2, 0) is 9.53 Å². The molecule has 0 aromatic rings. The van der Waals surface area contributed by atoms with Crippen LogP contribution in [0.3, 0.4) is 0 Å². The van der Waals surface area contributed by atoms with Crippen LogP contribution in [-0.4, -0.2) is 23.3 Å². The molecule has 1 aliphatic heterocycles. The van der Waals surface area contributed by atoms with Gasteiger partial charge in [0.15, 0.2) is 0 Å². The third-order valence-electron chi connectivity index (χ3n) is 3.98. The van der Waals surface area contributed by atoms with Gasteiger partial charge in [-0.3, -0.25) is 0 Å². The lowest BCUT2D eigenvalue weighted by Gasteiger charge is -2.15. The lowest BCUT2D eigenvalue weighted by Crippen LogP contribution is -2.25. The van der Waals surface area contributed by atoms with Crippen molar-refractivity contribution < 1.29 is 14.6 Å². The maximum atomic E-state index is 11.1. The Balaban J connectivity index is 1.91. The minimum atomic E-state index is -0.626. The monoisotopic (exact) mass is 316 g/mol. The molecule has 1 N–H and O–H groups in total. The first kappa shape index (κ1) is 18.5. The summed E-state index contributed by atoms with van der Waals surface area (Å²) in [5.74, 6) is -0.524. The van der Waals surface area contributed by atoms with Gasteiger partial charge in [0, 0.05) is 0 Å². The Morgan fingerprint density at radius 3 is 2.10 bits per heavy atom. The summed E-state index contributed by atoms with van der Waals surface area (Å²) >= 11 is 5.64. The highest BCUT2D eigenvalue weighted by atomic mass is 35.5. The highest BCUT2D eigenvalue weighted by Crippen LogP contribution is 2.22. The van der Waals surface area contributed by atoms with Crippen LogP contribution in [0.2, 0.25) is 0 Å². The summed E-state index contributed by atoms with van der Waals surface area (Å²) in [6.45, 7) is 2.24. The van der Waals surface area contributed by atoms with Crippen LogP contribution in [0.15, 0.2) is 11.1 Å². The van der Waals surface area contributed by atoms with Gasteiger partial charge in [0.2, 0.25) is 0 Å². The van der Waals surface area contributed by atoms with Crippen molar-refractivity contribution in [1.29, 1.82) is 0 Å². The number of hydrogen-bond acceptors (Lipinski definition) is 3. The first-order chi connectivity index (χ1) is 10.1. The number of carbonyl (C=O) groups is 1. The molecule has 0 saturated heterocycles. The van der Waals surface area contributed by atoms with Gasteiger partial charge in [-0.2, -0.15) is 0 Å². The quantitative estimate of drug-likeness (QED) is 0.419. The Labute approximate surface area is 133 Å². The largest absolute Gasteiger partial charge is 0.451 e. The molecule has 0 saturated carbocycles. The zero-order valence-electron chi connectivity index (χ0n) is 13.2. The molecule has 4 heteroatoms. The minimum Gasteiger partial charge on any atom is -0.451 e. The number of cyclic esters (lactones) is 1. The molecule has 0 aromatic heterocycles. The Hall–Kier alpha value is -0.540. The van der Waals surface area contributed by atoms with Gasteiger partial charge in [0.1, 0.15) is 11.1 Å². The van der Waals surface area contributed by atoms with Crippen LogP contribution in [0.1, 0.15) is 77.6 Å². The Morgan fingerprint density at radius 1 is 1.10 bits per heavy atom. The van der Waals surface area contributed by atoms with Gasteiger partial charge in [0.05, 0.1) is 6.10 Å². The van der Waals surface area contributed by atoms with E-state index in [2.05, 4.69) is 6.92 Å². The number of aliphatic hydroxyl groups excluding tert-OH is 1. The summed E-state index contributed by atoms with van der Waals surface area (Å²) in [6.07, 6.45) is 13.7. The third-order valence-corrected chi connectivity index (χ3v) is 4.26. The average molecular weight is 317 g/mol. The zero-order chi connectivity index (χ0) is 15.5. The molecule has 0 aromatic carbocycles. The fraction of sp³-hybridized carbons (Fsp3) is 0.824. The Bertz CT molecular complexity index is 328. The zero-order valence-corrected chi connectivity index (χ0v) is 13.9. The van der Waals surface area contributed by atoms with Gasteiger partial charge >= 0.3 is 5.97 Å². The van der Waals surface area contributed by atoms with Crippen LogP contribution in [0, 0.1) is 0 Å². The molecule has 0 fully saturated rings. The van der Waals surface area contributed by atoms with E-state index < -0.39 is 18.2 Å². The van der Waals surface area contributed by atoms with Crippen molar-refractivity contribution in [2.24, 2.45) is 0 Å². The van der Waals surface area contributed by atoms with Crippen LogP contribution < -0.4 is 0 Å². The highest BCUT2D eigenvalue weighted by molar-refractivity contribution is 6.41. The number of unbranched alkanes of at least 4 members (excludes halogenated alkanes) is 9. The molecule has 0 unspecified atom stereocenters. The first-order valence-electron chi connectivity index (χ1n) is 8.41. The van der Waals surface area contributed by atoms with E-state index >= 15 is 0 Å². The first-order valence-corrected chi connectivity index (χ1v) is 8.79. The van der Waals surface area contributed by atoms with Gasteiger partial charge < -0.3 is 9.84 Å². The minimum absolute atomic E-state index is 0.0853. The van der Waals surface area contributed by atoms with E-state index in [1.54, 1.807) is 0 Å². The molecule has 0 spiro atoms. The molecule has 0 amide bonds. The third kappa shape index (κ3) is 7.87. The SMILES string of the molecule is CCCCCCCCCCCC[C@@H](O)[C@@H]1C=C(Cl)C(=O)O1. The fourth-order valence-corrected chi connectivity index (χ4v) is 2.79. The van der Waals surface area contributed by atoms with Crippen molar-refractivity contribution in [2.45, 2.75) is 89.8 Å². The van der Waals surface area contributed by atoms with Gasteiger partial charge in [-0.25, -0.2) is 4.79 Å². The van der Waals surface area contributed by atoms with E-state index in [0.29, 0.717) is 6.42 Å². The number of esters is 1. The molecule has 0 radical (unpaired) electrons. The van der Waals surface area contributed by atoms with Crippen molar-refractivity contribution in [2.75, 3.05) is 0 Å². The maximum Gasteiger partial charge on any atom is 0.350 e. The normalized spacial score (nSPS) is 19.5. The Morgan fingerprint density at radius 2 is 1.62 bits per heavy atom. The topological polar surface area (TPSA) is 46.5 Å². The number of halogens is 1. The van der Waals surface area contributed by atoms with Gasteiger partial charge in [-0.05, 0) is 12.5 Å². The lowest BCUT2D eigenvalue weighted by atomic mass is 10.0. The molecule has 3 nitrogen and oxygen atoms in total. The summed E-state index contributed by atoms with van der Waals surface area (Å²) in [5.41, 5.74) is 0. The average Bonchev–Trinajstić information content (AvgIpc) is 2.80. The number of aliphatic hydroxyl groups is 1. The van der Waals surface area contributed by atoms with Crippen molar-refractivity contribution in [3.05, 3.63) is 11.1 Å². The predicted octanol–water partition coefficient (Wildman–Crippen LogP) is 4.71. The van der Waals surface area contributed by atoms with E-state index in [1.165, 1.54) is 57.4 Å². The second kappa shape index (κ2) is 11.1. The van der Waals surface area contributed by atoms with Crippen molar-refractivity contribution in [3.8, 4) is 0 Å². The summed E-state index contributed by atoms with van der Waals surface area (Å²) in [5, 5.41) is 10.0. The second-order valence-electron chi connectivity index (χ2n) is 5.92. The van der Waals surface area contributed by atoms with Gasteiger partial charge in [0.25, 0.3) is 0 Å². The summed E-state index contributed by atoms with van der Waals surface area (Å²) in [7, 11) is 0. The van der Waals surface area contributed by atoms with Gasteiger partial charge in [-0.15, -0.1) is 0 Å². The molecule has 2 atom stereocenters. The molecule has 0 aliphatic carbocycles. The summed E-state index contributed by atoms with van der Waals surface area (Å²) in [4.78, 5) is 11.1. The molecule has 1 aliphatic rings. The second-order valence-corrected chi connectivity index (χ2v) is 6.33. The summed E-state index contributed by atoms with van der Waals surface area (Å²) in [6, 6.07) is 0. The molecule has 0 bridgehead atoms. The molecule has 122 valence electrons.